The second kappa shape index (κ2) is 11.9. The Balaban J connectivity index is 1.25. The van der Waals surface area contributed by atoms with Gasteiger partial charge in [0.05, 0.1) is 11.0 Å². The number of para-hydroxylation sites is 2. The lowest BCUT2D eigenvalue weighted by Crippen LogP contribution is -2.07. The van der Waals surface area contributed by atoms with Gasteiger partial charge in [-0.05, 0) is 85.9 Å². The van der Waals surface area contributed by atoms with Crippen LogP contribution < -0.4 is 0 Å². The molecule has 5 heteroatoms. The number of nitrogens with zero attached hydrogens (tertiary/aromatic N) is 4. The maximum absolute atomic E-state index is 6.54. The molecule has 12 rings (SSSR count). The van der Waals surface area contributed by atoms with Gasteiger partial charge in [0.2, 0.25) is 5.95 Å². The minimum atomic E-state index is 0.551. The van der Waals surface area contributed by atoms with Gasteiger partial charge in [-0.1, -0.05) is 140 Å². The predicted octanol–water partition coefficient (Wildman–Crippen LogP) is 13.3. The van der Waals surface area contributed by atoms with Crippen LogP contribution in [0.3, 0.4) is 0 Å². The molecule has 56 heavy (non-hydrogen) atoms. The molecule has 0 aliphatic heterocycles. The van der Waals surface area contributed by atoms with Crippen LogP contribution in [0.25, 0.3) is 116 Å². The van der Waals surface area contributed by atoms with E-state index in [1.807, 2.05) is 12.1 Å². The molecule has 0 N–H and O–H groups in total. The van der Waals surface area contributed by atoms with Gasteiger partial charge in [0, 0.05) is 32.7 Å². The first-order valence-electron chi connectivity index (χ1n) is 18.9. The highest BCUT2D eigenvalue weighted by molar-refractivity contribution is 6.20. The van der Waals surface area contributed by atoms with Gasteiger partial charge in [-0.15, -0.1) is 0 Å². The Labute approximate surface area is 320 Å². The highest BCUT2D eigenvalue weighted by Crippen LogP contribution is 2.43. The van der Waals surface area contributed by atoms with E-state index >= 15 is 0 Å². The average Bonchev–Trinajstić information content (AvgIpc) is 3.79. The summed E-state index contributed by atoms with van der Waals surface area (Å²) in [7, 11) is 0. The lowest BCUT2D eigenvalue weighted by molar-refractivity contribution is 0.669. The fraction of sp³-hybridized carbons (Fsp3) is 0. The Morgan fingerprint density at radius 1 is 0.375 bits per heavy atom. The van der Waals surface area contributed by atoms with Crippen LogP contribution in [0.4, 0.5) is 0 Å². The van der Waals surface area contributed by atoms with Gasteiger partial charge in [-0.2, -0.15) is 9.97 Å². The minimum Gasteiger partial charge on any atom is -0.456 e. The monoisotopic (exact) mass is 714 g/mol. The van der Waals surface area contributed by atoms with E-state index < -0.39 is 0 Å². The SMILES string of the molecule is c1ccc(-c2cc(-c3nc(-c4c5ccccc5cc5oc6ccccc6c45)nc(-n4c5ccccc5c5cc6ccccc6cc54)n3)c3ccccc3c2)cc1. The van der Waals surface area contributed by atoms with Gasteiger partial charge < -0.3 is 4.42 Å². The van der Waals surface area contributed by atoms with E-state index in [0.717, 1.165) is 92.9 Å². The van der Waals surface area contributed by atoms with Crippen LogP contribution in [0.2, 0.25) is 0 Å². The van der Waals surface area contributed by atoms with E-state index in [0.29, 0.717) is 17.6 Å². The first-order chi connectivity index (χ1) is 27.7. The molecule has 0 bridgehead atoms. The number of benzene rings is 9. The van der Waals surface area contributed by atoms with Crippen LogP contribution in [0.1, 0.15) is 0 Å². The van der Waals surface area contributed by atoms with Crippen LogP contribution in [-0.2, 0) is 0 Å². The third-order valence-electron chi connectivity index (χ3n) is 11.2. The summed E-state index contributed by atoms with van der Waals surface area (Å²) in [6.45, 7) is 0. The second-order valence-corrected chi connectivity index (χ2v) is 14.4. The van der Waals surface area contributed by atoms with Crippen molar-refractivity contribution in [2.75, 3.05) is 0 Å². The molecule has 9 aromatic carbocycles. The first kappa shape index (κ1) is 30.8. The normalized spacial score (nSPS) is 11.9. The van der Waals surface area contributed by atoms with Crippen molar-refractivity contribution in [2.45, 2.75) is 0 Å². The van der Waals surface area contributed by atoms with Gasteiger partial charge >= 0.3 is 0 Å². The molecular formula is C51H30N4O. The highest BCUT2D eigenvalue weighted by Gasteiger charge is 2.23. The number of hydrogen-bond donors (Lipinski definition) is 0. The van der Waals surface area contributed by atoms with Crippen molar-refractivity contribution in [3.8, 4) is 39.9 Å². The average molecular weight is 715 g/mol. The smallest absolute Gasteiger partial charge is 0.238 e. The molecule has 260 valence electrons. The van der Waals surface area contributed by atoms with Crippen LogP contribution in [0, 0.1) is 0 Å². The predicted molar refractivity (Wildman–Crippen MR) is 230 cm³/mol. The molecule has 0 atom stereocenters. The third kappa shape index (κ3) is 4.64. The fourth-order valence-corrected chi connectivity index (χ4v) is 8.64. The number of hydrogen-bond acceptors (Lipinski definition) is 4. The maximum Gasteiger partial charge on any atom is 0.238 e. The number of rotatable bonds is 4. The standard InChI is InChI=1S/C51H30N4O/c1-2-14-31(15-3-1)36-26-34-18-6-8-20-37(34)42(28-36)49-52-50(48-38-21-9-7-19-35(38)30-46-47(48)40-23-11-13-25-45(40)56-46)54-51(53-49)55-43-24-12-10-22-39(43)41-27-32-16-4-5-17-33(32)29-44(41)55/h1-30H. The largest absolute Gasteiger partial charge is 0.456 e. The molecule has 0 aliphatic rings. The van der Waals surface area contributed by atoms with Gasteiger partial charge in [0.15, 0.2) is 11.6 Å². The summed E-state index contributed by atoms with van der Waals surface area (Å²) in [6.07, 6.45) is 0. The second-order valence-electron chi connectivity index (χ2n) is 14.4. The Kier molecular flexibility index (Phi) is 6.56. The molecule has 0 aliphatic carbocycles. The summed E-state index contributed by atoms with van der Waals surface area (Å²) in [5.41, 5.74) is 7.76. The van der Waals surface area contributed by atoms with E-state index in [-0.39, 0.29) is 0 Å². The Morgan fingerprint density at radius 2 is 1.00 bits per heavy atom. The first-order valence-corrected chi connectivity index (χ1v) is 18.9. The number of aromatic nitrogens is 4. The molecule has 0 saturated heterocycles. The van der Waals surface area contributed by atoms with Crippen molar-refractivity contribution in [1.29, 1.82) is 0 Å². The summed E-state index contributed by atoms with van der Waals surface area (Å²) in [5, 5.41) is 10.9. The van der Waals surface area contributed by atoms with Gasteiger partial charge in [0.25, 0.3) is 0 Å². The molecule has 12 aromatic rings. The summed E-state index contributed by atoms with van der Waals surface area (Å²) < 4.78 is 8.76. The Hall–Kier alpha value is -7.63. The zero-order valence-corrected chi connectivity index (χ0v) is 30.0. The van der Waals surface area contributed by atoms with Crippen molar-refractivity contribution < 1.29 is 4.42 Å². The summed E-state index contributed by atoms with van der Waals surface area (Å²) >= 11 is 0. The lowest BCUT2D eigenvalue weighted by Gasteiger charge is -2.15. The van der Waals surface area contributed by atoms with Crippen LogP contribution >= 0.6 is 0 Å². The zero-order valence-electron chi connectivity index (χ0n) is 30.0. The number of furan rings is 1. The Bertz CT molecular complexity index is 3540. The van der Waals surface area contributed by atoms with E-state index in [1.54, 1.807) is 0 Å². The minimum absolute atomic E-state index is 0.551. The Morgan fingerprint density at radius 3 is 1.82 bits per heavy atom. The molecule has 0 spiro atoms. The van der Waals surface area contributed by atoms with Crippen molar-refractivity contribution in [1.82, 2.24) is 19.5 Å². The fourth-order valence-electron chi connectivity index (χ4n) is 8.64. The van der Waals surface area contributed by atoms with E-state index in [4.69, 9.17) is 19.4 Å². The molecule has 3 heterocycles. The molecule has 0 saturated carbocycles. The molecule has 0 unspecified atom stereocenters. The highest BCUT2D eigenvalue weighted by atomic mass is 16.3. The molecular weight excluding hydrogens is 685 g/mol. The van der Waals surface area contributed by atoms with E-state index in [9.17, 15) is 0 Å². The van der Waals surface area contributed by atoms with E-state index in [1.165, 1.54) is 5.39 Å². The summed E-state index contributed by atoms with van der Waals surface area (Å²) in [6, 6.07) is 63.9. The van der Waals surface area contributed by atoms with Crippen LogP contribution in [-0.4, -0.2) is 19.5 Å². The third-order valence-corrected chi connectivity index (χ3v) is 11.2. The van der Waals surface area contributed by atoms with Crippen molar-refractivity contribution in [3.05, 3.63) is 182 Å². The van der Waals surface area contributed by atoms with Crippen LogP contribution in [0.5, 0.6) is 0 Å². The molecule has 5 nitrogen and oxygen atoms in total. The summed E-state index contributed by atoms with van der Waals surface area (Å²) in [5.74, 6) is 1.73. The molecule has 0 radical (unpaired) electrons. The number of fused-ring (bicyclic) bond motifs is 9. The van der Waals surface area contributed by atoms with Crippen molar-refractivity contribution >= 4 is 76.1 Å². The van der Waals surface area contributed by atoms with Gasteiger partial charge in [0.1, 0.15) is 11.2 Å². The van der Waals surface area contributed by atoms with Crippen molar-refractivity contribution in [3.63, 3.8) is 0 Å². The molecule has 0 fully saturated rings. The maximum atomic E-state index is 6.54. The molecule has 3 aromatic heterocycles. The van der Waals surface area contributed by atoms with Crippen molar-refractivity contribution in [2.24, 2.45) is 0 Å². The topological polar surface area (TPSA) is 56.7 Å². The van der Waals surface area contributed by atoms with Gasteiger partial charge in [-0.3, -0.25) is 4.57 Å². The zero-order chi connectivity index (χ0) is 36.7. The van der Waals surface area contributed by atoms with E-state index in [2.05, 4.69) is 174 Å². The van der Waals surface area contributed by atoms with Crippen LogP contribution in [0.15, 0.2) is 186 Å². The summed E-state index contributed by atoms with van der Waals surface area (Å²) in [4.78, 5) is 16.5. The quantitative estimate of drug-likeness (QED) is 0.182. The lowest BCUT2D eigenvalue weighted by atomic mass is 9.96. The van der Waals surface area contributed by atoms with Gasteiger partial charge in [-0.25, -0.2) is 4.98 Å². The molecule has 0 amide bonds.